The number of carbonyl (C=O) groups excluding carboxylic acids is 1. The van der Waals surface area contributed by atoms with Crippen molar-refractivity contribution in [2.45, 2.75) is 44.8 Å². The molecule has 0 spiro atoms. The first kappa shape index (κ1) is 18.4. The lowest BCUT2D eigenvalue weighted by atomic mass is 10.2. The molecule has 0 saturated carbocycles. The quantitative estimate of drug-likeness (QED) is 0.343. The number of aromatic nitrogens is 4. The van der Waals surface area contributed by atoms with E-state index in [9.17, 15) is 9.59 Å². The molecule has 26 heavy (non-hydrogen) atoms. The SMILES string of the molecule is CCCCOC(=O)CSc1nnc2n(CCC)c(=O)c3ccccc3n12. The van der Waals surface area contributed by atoms with Gasteiger partial charge in [0.15, 0.2) is 5.16 Å². The van der Waals surface area contributed by atoms with E-state index in [1.54, 1.807) is 10.6 Å². The molecule has 138 valence electrons. The minimum absolute atomic E-state index is 0.0714. The maximum Gasteiger partial charge on any atom is 0.316 e. The molecule has 0 aliphatic carbocycles. The second kappa shape index (κ2) is 8.35. The zero-order valence-corrected chi connectivity index (χ0v) is 15.8. The molecular weight excluding hydrogens is 352 g/mol. The maximum absolute atomic E-state index is 12.8. The van der Waals surface area contributed by atoms with Crippen LogP contribution >= 0.6 is 11.8 Å². The predicted octanol–water partition coefficient (Wildman–Crippen LogP) is 2.89. The summed E-state index contributed by atoms with van der Waals surface area (Å²) in [5.74, 6) is 0.384. The summed E-state index contributed by atoms with van der Waals surface area (Å²) in [6.07, 6.45) is 2.65. The van der Waals surface area contributed by atoms with Gasteiger partial charge in [-0.2, -0.15) is 0 Å². The molecule has 0 unspecified atom stereocenters. The van der Waals surface area contributed by atoms with Gasteiger partial charge in [0.1, 0.15) is 0 Å². The van der Waals surface area contributed by atoms with Crippen LogP contribution in [0.3, 0.4) is 0 Å². The van der Waals surface area contributed by atoms with Gasteiger partial charge in [0.2, 0.25) is 5.78 Å². The third kappa shape index (κ3) is 3.60. The minimum atomic E-state index is -0.272. The lowest BCUT2D eigenvalue weighted by molar-refractivity contribution is -0.140. The fourth-order valence-electron chi connectivity index (χ4n) is 2.75. The van der Waals surface area contributed by atoms with Crippen LogP contribution in [-0.2, 0) is 16.1 Å². The number of esters is 1. The molecule has 0 N–H and O–H groups in total. The monoisotopic (exact) mass is 374 g/mol. The van der Waals surface area contributed by atoms with Gasteiger partial charge in [-0.05, 0) is 25.0 Å². The summed E-state index contributed by atoms with van der Waals surface area (Å²) in [6.45, 7) is 5.06. The van der Waals surface area contributed by atoms with E-state index in [-0.39, 0.29) is 17.3 Å². The molecule has 0 aliphatic heterocycles. The molecule has 0 radical (unpaired) electrons. The highest BCUT2D eigenvalue weighted by molar-refractivity contribution is 7.99. The summed E-state index contributed by atoms with van der Waals surface area (Å²) in [5.41, 5.74) is 0.671. The zero-order valence-electron chi connectivity index (χ0n) is 15.0. The summed E-state index contributed by atoms with van der Waals surface area (Å²) >= 11 is 1.27. The number of carbonyl (C=O) groups is 1. The van der Waals surface area contributed by atoms with Crippen molar-refractivity contribution in [3.8, 4) is 0 Å². The van der Waals surface area contributed by atoms with E-state index in [0.717, 1.165) is 24.8 Å². The first-order valence-corrected chi connectivity index (χ1v) is 9.81. The fourth-order valence-corrected chi connectivity index (χ4v) is 3.49. The number of unbranched alkanes of at least 4 members (excludes halogenated alkanes) is 1. The number of benzene rings is 1. The Bertz CT molecular complexity index is 980. The van der Waals surface area contributed by atoms with Crippen LogP contribution in [0.1, 0.15) is 33.1 Å². The first-order valence-electron chi connectivity index (χ1n) is 8.82. The minimum Gasteiger partial charge on any atom is -0.465 e. The predicted molar refractivity (Wildman–Crippen MR) is 102 cm³/mol. The summed E-state index contributed by atoms with van der Waals surface area (Å²) in [4.78, 5) is 24.6. The molecule has 7 nitrogen and oxygen atoms in total. The highest BCUT2D eigenvalue weighted by Gasteiger charge is 2.17. The largest absolute Gasteiger partial charge is 0.465 e. The Morgan fingerprint density at radius 2 is 2.00 bits per heavy atom. The average Bonchev–Trinajstić information content (AvgIpc) is 3.07. The molecule has 0 amide bonds. The lowest BCUT2D eigenvalue weighted by Gasteiger charge is -2.10. The molecule has 0 bridgehead atoms. The second-order valence-electron chi connectivity index (χ2n) is 5.95. The number of rotatable bonds is 8. The number of hydrogen-bond acceptors (Lipinski definition) is 6. The van der Waals surface area contributed by atoms with E-state index in [2.05, 4.69) is 10.2 Å². The van der Waals surface area contributed by atoms with Crippen molar-refractivity contribution in [3.05, 3.63) is 34.6 Å². The lowest BCUT2D eigenvalue weighted by Crippen LogP contribution is -2.23. The van der Waals surface area contributed by atoms with Gasteiger partial charge in [0.05, 0.1) is 23.3 Å². The van der Waals surface area contributed by atoms with Crippen LogP contribution < -0.4 is 5.56 Å². The number of hydrogen-bond donors (Lipinski definition) is 0. The Kier molecular flexibility index (Phi) is 5.92. The van der Waals surface area contributed by atoms with Crippen molar-refractivity contribution in [2.24, 2.45) is 0 Å². The summed E-state index contributed by atoms with van der Waals surface area (Å²) in [5, 5.41) is 9.60. The van der Waals surface area contributed by atoms with Crippen molar-refractivity contribution in [2.75, 3.05) is 12.4 Å². The zero-order chi connectivity index (χ0) is 18.5. The third-order valence-corrected chi connectivity index (χ3v) is 4.91. The van der Waals surface area contributed by atoms with E-state index in [4.69, 9.17) is 4.74 Å². The average molecular weight is 374 g/mol. The van der Waals surface area contributed by atoms with Gasteiger partial charge in [0, 0.05) is 6.54 Å². The summed E-state index contributed by atoms with van der Waals surface area (Å²) < 4.78 is 8.67. The normalized spacial score (nSPS) is 11.3. The second-order valence-corrected chi connectivity index (χ2v) is 6.90. The highest BCUT2D eigenvalue weighted by Crippen LogP contribution is 2.21. The van der Waals surface area contributed by atoms with Gasteiger partial charge in [0.25, 0.3) is 5.56 Å². The molecule has 8 heteroatoms. The van der Waals surface area contributed by atoms with E-state index < -0.39 is 0 Å². The fraction of sp³-hybridized carbons (Fsp3) is 0.444. The number of aryl methyl sites for hydroxylation is 1. The van der Waals surface area contributed by atoms with Gasteiger partial charge >= 0.3 is 5.97 Å². The number of ether oxygens (including phenoxy) is 1. The number of para-hydroxylation sites is 1. The molecule has 3 aromatic rings. The van der Waals surface area contributed by atoms with Gasteiger partial charge in [-0.25, -0.2) is 0 Å². The van der Waals surface area contributed by atoms with E-state index in [1.165, 1.54) is 11.8 Å². The van der Waals surface area contributed by atoms with Crippen LogP contribution in [0.5, 0.6) is 0 Å². The number of fused-ring (bicyclic) bond motifs is 3. The van der Waals surface area contributed by atoms with Crippen molar-refractivity contribution < 1.29 is 9.53 Å². The van der Waals surface area contributed by atoms with Crippen LogP contribution in [0.2, 0.25) is 0 Å². The molecule has 2 heterocycles. The Labute approximate surface area is 155 Å². The van der Waals surface area contributed by atoms with Gasteiger partial charge < -0.3 is 4.74 Å². The van der Waals surface area contributed by atoms with Crippen LogP contribution in [0.25, 0.3) is 16.7 Å². The molecule has 0 aliphatic rings. The van der Waals surface area contributed by atoms with Gasteiger partial charge in [-0.1, -0.05) is 44.2 Å². The summed E-state index contributed by atoms with van der Waals surface area (Å²) in [7, 11) is 0. The van der Waals surface area contributed by atoms with E-state index >= 15 is 0 Å². The van der Waals surface area contributed by atoms with Gasteiger partial charge in [-0.15, -0.1) is 10.2 Å². The van der Waals surface area contributed by atoms with Crippen molar-refractivity contribution >= 4 is 34.4 Å². The highest BCUT2D eigenvalue weighted by atomic mass is 32.2. The molecule has 3 rings (SSSR count). The molecular formula is C18H22N4O3S. The van der Waals surface area contributed by atoms with E-state index in [1.807, 2.05) is 36.4 Å². The molecule has 0 fully saturated rings. The van der Waals surface area contributed by atoms with Crippen LogP contribution in [0, 0.1) is 0 Å². The summed E-state index contributed by atoms with van der Waals surface area (Å²) in [6, 6.07) is 7.39. The Morgan fingerprint density at radius 1 is 1.19 bits per heavy atom. The maximum atomic E-state index is 12.8. The molecule has 2 aromatic heterocycles. The van der Waals surface area contributed by atoms with Crippen molar-refractivity contribution in [3.63, 3.8) is 0 Å². The number of thioether (sulfide) groups is 1. The topological polar surface area (TPSA) is 78.5 Å². The Hall–Kier alpha value is -2.35. The van der Waals surface area contributed by atoms with Gasteiger partial charge in [-0.3, -0.25) is 18.6 Å². The number of nitrogens with zero attached hydrogens (tertiary/aromatic N) is 4. The third-order valence-electron chi connectivity index (χ3n) is 4.01. The van der Waals surface area contributed by atoms with Crippen LogP contribution in [0.15, 0.2) is 34.2 Å². The van der Waals surface area contributed by atoms with Crippen molar-refractivity contribution in [1.82, 2.24) is 19.2 Å². The standard InChI is InChI=1S/C18H22N4O3S/c1-3-5-11-25-15(23)12-26-18-20-19-17-21(10-4-2)16(24)13-8-6-7-9-14(13)22(17)18/h6-9H,3-5,10-12H2,1-2H3. The van der Waals surface area contributed by atoms with Crippen LogP contribution in [-0.4, -0.2) is 37.5 Å². The Morgan fingerprint density at radius 3 is 2.77 bits per heavy atom. The smallest absolute Gasteiger partial charge is 0.316 e. The van der Waals surface area contributed by atoms with E-state index in [0.29, 0.717) is 29.5 Å². The first-order chi connectivity index (χ1) is 12.7. The Balaban J connectivity index is 1.97. The molecule has 0 atom stereocenters. The van der Waals surface area contributed by atoms with Crippen LogP contribution in [0.4, 0.5) is 0 Å². The van der Waals surface area contributed by atoms with Crippen molar-refractivity contribution in [1.29, 1.82) is 0 Å². The molecule has 0 saturated heterocycles. The molecule has 1 aromatic carbocycles.